The second-order valence-electron chi connectivity index (χ2n) is 3.62. The van der Waals surface area contributed by atoms with Crippen LogP contribution in [0.1, 0.15) is 12.5 Å². The number of carboxylic acids is 1. The Morgan fingerprint density at radius 2 is 2.18 bits per heavy atom. The summed E-state index contributed by atoms with van der Waals surface area (Å²) in [5.41, 5.74) is -1.02. The molecule has 92 valence electrons. The zero-order valence-corrected chi connectivity index (χ0v) is 11.4. The molecule has 1 aromatic rings. The second-order valence-corrected chi connectivity index (χ2v) is 4.81. The molecule has 0 aliphatic heterocycles. The van der Waals surface area contributed by atoms with Crippen molar-refractivity contribution in [3.63, 3.8) is 0 Å². The highest BCUT2D eigenvalue weighted by molar-refractivity contribution is 9.10. The molecule has 0 saturated heterocycles. The minimum Gasteiger partial charge on any atom is -0.479 e. The van der Waals surface area contributed by atoms with Gasteiger partial charge in [-0.15, -0.1) is 11.6 Å². The highest BCUT2D eigenvalue weighted by Crippen LogP contribution is 2.24. The van der Waals surface area contributed by atoms with E-state index in [-0.39, 0.29) is 5.88 Å². The molecule has 6 heteroatoms. The molecular weight excluding hydrogens is 309 g/mol. The highest BCUT2D eigenvalue weighted by Gasteiger charge is 2.36. The van der Waals surface area contributed by atoms with Gasteiger partial charge in [0.1, 0.15) is 5.88 Å². The monoisotopic (exact) mass is 319 g/mol. The van der Waals surface area contributed by atoms with Crippen molar-refractivity contribution >= 4 is 39.4 Å². The summed E-state index contributed by atoms with van der Waals surface area (Å²) in [4.78, 5) is 22.6. The number of aliphatic carboxylic acids is 1. The van der Waals surface area contributed by atoms with Gasteiger partial charge in [-0.2, -0.15) is 0 Å². The van der Waals surface area contributed by atoms with Crippen LogP contribution in [0.4, 0.5) is 0 Å². The molecule has 1 unspecified atom stereocenters. The Labute approximate surface area is 112 Å². The lowest BCUT2D eigenvalue weighted by atomic mass is 9.92. The van der Waals surface area contributed by atoms with Crippen LogP contribution >= 0.6 is 27.5 Å². The summed E-state index contributed by atoms with van der Waals surface area (Å²) in [6.45, 7) is 1.42. The first kappa shape index (κ1) is 14.0. The SMILES string of the molecule is CC(NC(=O)CCl)(C(=O)O)c1cccc(Br)c1. The summed E-state index contributed by atoms with van der Waals surface area (Å²) in [5, 5.41) is 11.6. The predicted octanol–water partition coefficient (Wildman–Crippen LogP) is 2.10. The third kappa shape index (κ3) is 3.20. The first-order valence-electron chi connectivity index (χ1n) is 4.76. The molecule has 0 heterocycles. The van der Waals surface area contributed by atoms with Crippen molar-refractivity contribution in [3.8, 4) is 0 Å². The summed E-state index contributed by atoms with van der Waals surface area (Å²) in [5.74, 6) is -1.96. The zero-order chi connectivity index (χ0) is 13.1. The number of hydrogen-bond acceptors (Lipinski definition) is 2. The molecule has 2 N–H and O–H groups in total. The lowest BCUT2D eigenvalue weighted by Crippen LogP contribution is -2.50. The Kier molecular flexibility index (Phi) is 4.54. The molecule has 0 spiro atoms. The summed E-state index contributed by atoms with van der Waals surface area (Å²) >= 11 is 8.62. The molecule has 0 bridgehead atoms. The van der Waals surface area contributed by atoms with Gasteiger partial charge in [0.2, 0.25) is 5.91 Å². The molecule has 1 rings (SSSR count). The van der Waals surface area contributed by atoms with E-state index in [4.69, 9.17) is 11.6 Å². The molecule has 0 aliphatic rings. The van der Waals surface area contributed by atoms with Gasteiger partial charge in [0, 0.05) is 4.47 Å². The van der Waals surface area contributed by atoms with E-state index in [0.717, 1.165) is 4.47 Å². The normalized spacial score (nSPS) is 13.8. The second kappa shape index (κ2) is 5.51. The van der Waals surface area contributed by atoms with Crippen molar-refractivity contribution in [2.45, 2.75) is 12.5 Å². The summed E-state index contributed by atoms with van der Waals surface area (Å²) in [6, 6.07) is 6.75. The molecule has 0 aromatic heterocycles. The van der Waals surface area contributed by atoms with E-state index in [9.17, 15) is 14.7 Å². The van der Waals surface area contributed by atoms with Gasteiger partial charge in [-0.3, -0.25) is 4.79 Å². The van der Waals surface area contributed by atoms with Crippen molar-refractivity contribution in [2.75, 3.05) is 5.88 Å². The van der Waals surface area contributed by atoms with Crippen molar-refractivity contribution in [3.05, 3.63) is 34.3 Å². The van der Waals surface area contributed by atoms with E-state index < -0.39 is 17.4 Å². The minimum atomic E-state index is -1.49. The van der Waals surface area contributed by atoms with Crippen molar-refractivity contribution in [2.24, 2.45) is 0 Å². The maximum Gasteiger partial charge on any atom is 0.333 e. The van der Waals surface area contributed by atoms with Gasteiger partial charge < -0.3 is 10.4 Å². The van der Waals surface area contributed by atoms with Crippen LogP contribution < -0.4 is 5.32 Å². The quantitative estimate of drug-likeness (QED) is 0.835. The summed E-state index contributed by atoms with van der Waals surface area (Å²) in [6.07, 6.45) is 0. The first-order chi connectivity index (χ1) is 7.90. The lowest BCUT2D eigenvalue weighted by molar-refractivity contribution is -0.147. The molecule has 4 nitrogen and oxygen atoms in total. The molecule has 17 heavy (non-hydrogen) atoms. The summed E-state index contributed by atoms with van der Waals surface area (Å²) in [7, 11) is 0. The number of amides is 1. The Bertz CT molecular complexity index is 452. The number of rotatable bonds is 4. The van der Waals surface area contributed by atoms with E-state index in [1.54, 1.807) is 24.3 Å². The number of carboxylic acid groups (broad SMARTS) is 1. The van der Waals surface area contributed by atoms with E-state index in [1.165, 1.54) is 6.92 Å². The van der Waals surface area contributed by atoms with Gasteiger partial charge in [0.25, 0.3) is 0 Å². The number of carbonyl (C=O) groups excluding carboxylic acids is 1. The van der Waals surface area contributed by atoms with Crippen LogP contribution in [-0.2, 0) is 15.1 Å². The van der Waals surface area contributed by atoms with E-state index in [0.29, 0.717) is 5.56 Å². The number of hydrogen-bond donors (Lipinski definition) is 2. The third-order valence-electron chi connectivity index (χ3n) is 2.34. The van der Waals surface area contributed by atoms with Crippen LogP contribution in [0.3, 0.4) is 0 Å². The van der Waals surface area contributed by atoms with Crippen LogP contribution in [0.5, 0.6) is 0 Å². The number of halogens is 2. The Hall–Kier alpha value is -1.07. The van der Waals surface area contributed by atoms with E-state index in [1.807, 2.05) is 0 Å². The van der Waals surface area contributed by atoms with Gasteiger partial charge in [-0.05, 0) is 24.6 Å². The van der Waals surface area contributed by atoms with Gasteiger partial charge >= 0.3 is 5.97 Å². The Morgan fingerprint density at radius 1 is 1.53 bits per heavy atom. The maximum absolute atomic E-state index is 11.3. The predicted molar refractivity (Wildman–Crippen MR) is 68.0 cm³/mol. The molecule has 0 saturated carbocycles. The number of benzene rings is 1. The number of nitrogens with one attached hydrogen (secondary N) is 1. The van der Waals surface area contributed by atoms with Crippen molar-refractivity contribution in [1.29, 1.82) is 0 Å². The molecule has 0 fully saturated rings. The average molecular weight is 321 g/mol. The van der Waals surface area contributed by atoms with Gasteiger partial charge in [0.05, 0.1) is 0 Å². The Morgan fingerprint density at radius 3 is 2.65 bits per heavy atom. The van der Waals surface area contributed by atoms with Crippen LogP contribution in [0.2, 0.25) is 0 Å². The molecule has 0 radical (unpaired) electrons. The Balaban J connectivity index is 3.16. The number of alkyl halides is 1. The smallest absolute Gasteiger partial charge is 0.333 e. The van der Waals surface area contributed by atoms with Gasteiger partial charge in [-0.25, -0.2) is 4.79 Å². The fourth-order valence-electron chi connectivity index (χ4n) is 1.36. The lowest BCUT2D eigenvalue weighted by Gasteiger charge is -2.26. The molecule has 1 atom stereocenters. The van der Waals surface area contributed by atoms with Crippen LogP contribution in [0.25, 0.3) is 0 Å². The van der Waals surface area contributed by atoms with Gasteiger partial charge in [-0.1, -0.05) is 28.1 Å². The highest BCUT2D eigenvalue weighted by atomic mass is 79.9. The number of carbonyl (C=O) groups is 2. The molecule has 1 amide bonds. The van der Waals surface area contributed by atoms with Crippen LogP contribution in [0.15, 0.2) is 28.7 Å². The molecular formula is C11H11BrClNO3. The topological polar surface area (TPSA) is 66.4 Å². The standard InChI is InChI=1S/C11H11BrClNO3/c1-11(10(16)17,14-9(15)6-13)7-3-2-4-8(12)5-7/h2-5H,6H2,1H3,(H,14,15)(H,16,17). The molecule has 1 aromatic carbocycles. The van der Waals surface area contributed by atoms with E-state index in [2.05, 4.69) is 21.2 Å². The third-order valence-corrected chi connectivity index (χ3v) is 3.08. The van der Waals surface area contributed by atoms with Crippen molar-refractivity contribution < 1.29 is 14.7 Å². The minimum absolute atomic E-state index is 0.281. The zero-order valence-electron chi connectivity index (χ0n) is 9.04. The van der Waals surface area contributed by atoms with Gasteiger partial charge in [0.15, 0.2) is 5.54 Å². The van der Waals surface area contributed by atoms with Crippen LogP contribution in [0, 0.1) is 0 Å². The first-order valence-corrected chi connectivity index (χ1v) is 6.09. The molecule has 0 aliphatic carbocycles. The fraction of sp³-hybridized carbons (Fsp3) is 0.273. The fourth-order valence-corrected chi connectivity index (χ4v) is 1.83. The van der Waals surface area contributed by atoms with Crippen LogP contribution in [-0.4, -0.2) is 22.9 Å². The maximum atomic E-state index is 11.3. The average Bonchev–Trinajstić information content (AvgIpc) is 2.28. The van der Waals surface area contributed by atoms with Crippen molar-refractivity contribution in [1.82, 2.24) is 5.32 Å². The van der Waals surface area contributed by atoms with E-state index >= 15 is 0 Å². The summed E-state index contributed by atoms with van der Waals surface area (Å²) < 4.78 is 0.739. The largest absolute Gasteiger partial charge is 0.479 e.